The third-order valence-corrected chi connectivity index (χ3v) is 3.78. The molecule has 2 rings (SSSR count). The molecule has 0 aromatic heterocycles. The number of ether oxygens (including phenoxy) is 1. The van der Waals surface area contributed by atoms with E-state index < -0.39 is 11.9 Å². The molecule has 2 amide bonds. The lowest BCUT2D eigenvalue weighted by atomic mass is 10.1. The molecule has 2 aliphatic rings. The fourth-order valence-electron chi connectivity index (χ4n) is 2.73. The molecule has 112 valence electrons. The molecular formula is C14H22N2O4. The van der Waals surface area contributed by atoms with Crippen molar-refractivity contribution in [2.24, 2.45) is 5.92 Å². The highest BCUT2D eigenvalue weighted by Crippen LogP contribution is 2.19. The van der Waals surface area contributed by atoms with Gasteiger partial charge in [0, 0.05) is 19.7 Å². The van der Waals surface area contributed by atoms with Crippen molar-refractivity contribution in [1.29, 1.82) is 0 Å². The highest BCUT2D eigenvalue weighted by molar-refractivity contribution is 5.76. The molecule has 1 aliphatic heterocycles. The summed E-state index contributed by atoms with van der Waals surface area (Å²) >= 11 is 0. The van der Waals surface area contributed by atoms with Crippen molar-refractivity contribution in [2.45, 2.75) is 38.3 Å². The zero-order valence-electron chi connectivity index (χ0n) is 11.7. The molecule has 2 N–H and O–H groups in total. The van der Waals surface area contributed by atoms with Crippen molar-refractivity contribution in [3.63, 3.8) is 0 Å². The molecule has 0 aromatic carbocycles. The molecule has 0 radical (unpaired) electrons. The normalized spacial score (nSPS) is 29.4. The SMILES string of the molecule is CCOC1CCCN(C(=O)NC2C=CC(C(=O)O)C2)C1. The van der Waals surface area contributed by atoms with E-state index in [-0.39, 0.29) is 18.2 Å². The van der Waals surface area contributed by atoms with Crippen molar-refractivity contribution in [2.75, 3.05) is 19.7 Å². The van der Waals surface area contributed by atoms with Crippen LogP contribution in [0.4, 0.5) is 4.79 Å². The molecule has 0 bridgehead atoms. The van der Waals surface area contributed by atoms with Crippen LogP contribution in [-0.4, -0.2) is 53.8 Å². The molecule has 0 spiro atoms. The third-order valence-electron chi connectivity index (χ3n) is 3.78. The standard InChI is InChI=1S/C14H22N2O4/c1-2-20-12-4-3-7-16(9-12)14(19)15-11-6-5-10(8-11)13(17)18/h5-6,10-12H,2-4,7-9H2,1H3,(H,15,19)(H,17,18). The summed E-state index contributed by atoms with van der Waals surface area (Å²) in [5, 5.41) is 11.8. The number of likely N-dealkylation sites (tertiary alicyclic amines) is 1. The van der Waals surface area contributed by atoms with Crippen molar-refractivity contribution in [3.05, 3.63) is 12.2 Å². The van der Waals surface area contributed by atoms with Gasteiger partial charge in [0.2, 0.25) is 0 Å². The summed E-state index contributed by atoms with van der Waals surface area (Å²) in [6, 6.07) is -0.314. The summed E-state index contributed by atoms with van der Waals surface area (Å²) in [7, 11) is 0. The lowest BCUT2D eigenvalue weighted by Gasteiger charge is -2.33. The Labute approximate surface area is 118 Å². The Balaban J connectivity index is 1.80. The zero-order valence-corrected chi connectivity index (χ0v) is 11.7. The molecule has 1 saturated heterocycles. The minimum Gasteiger partial charge on any atom is -0.481 e. The van der Waals surface area contributed by atoms with Crippen molar-refractivity contribution < 1.29 is 19.4 Å². The van der Waals surface area contributed by atoms with Crippen LogP contribution in [0.2, 0.25) is 0 Å². The van der Waals surface area contributed by atoms with Gasteiger partial charge in [0.25, 0.3) is 0 Å². The number of nitrogens with one attached hydrogen (secondary N) is 1. The second kappa shape index (κ2) is 6.74. The van der Waals surface area contributed by atoms with Gasteiger partial charge in [-0.1, -0.05) is 12.2 Å². The molecule has 20 heavy (non-hydrogen) atoms. The highest BCUT2D eigenvalue weighted by atomic mass is 16.5. The molecule has 0 saturated carbocycles. The van der Waals surface area contributed by atoms with E-state index in [0.29, 0.717) is 19.6 Å². The average Bonchev–Trinajstić information content (AvgIpc) is 2.88. The Morgan fingerprint density at radius 1 is 1.45 bits per heavy atom. The van der Waals surface area contributed by atoms with E-state index >= 15 is 0 Å². The number of carbonyl (C=O) groups excluding carboxylic acids is 1. The number of urea groups is 1. The quantitative estimate of drug-likeness (QED) is 0.760. The van der Waals surface area contributed by atoms with Crippen LogP contribution in [0.5, 0.6) is 0 Å². The van der Waals surface area contributed by atoms with Gasteiger partial charge in [-0.2, -0.15) is 0 Å². The second-order valence-electron chi connectivity index (χ2n) is 5.29. The Bertz CT molecular complexity index is 395. The first-order valence-electron chi connectivity index (χ1n) is 7.18. The molecule has 1 fully saturated rings. The van der Waals surface area contributed by atoms with E-state index in [1.54, 1.807) is 17.1 Å². The number of rotatable bonds is 4. The Morgan fingerprint density at radius 2 is 2.25 bits per heavy atom. The second-order valence-corrected chi connectivity index (χ2v) is 5.29. The number of hydrogen-bond donors (Lipinski definition) is 2. The predicted molar refractivity (Wildman–Crippen MR) is 73.4 cm³/mol. The van der Waals surface area contributed by atoms with Gasteiger partial charge in [0.15, 0.2) is 0 Å². The number of aliphatic carboxylic acids is 1. The topological polar surface area (TPSA) is 78.9 Å². The number of amides is 2. The van der Waals surface area contributed by atoms with Crippen LogP contribution in [0.15, 0.2) is 12.2 Å². The van der Waals surface area contributed by atoms with Crippen LogP contribution >= 0.6 is 0 Å². The summed E-state index contributed by atoms with van der Waals surface area (Å²) in [5.74, 6) is -1.33. The summed E-state index contributed by atoms with van der Waals surface area (Å²) in [5.41, 5.74) is 0. The fraction of sp³-hybridized carbons (Fsp3) is 0.714. The first-order valence-corrected chi connectivity index (χ1v) is 7.18. The lowest BCUT2D eigenvalue weighted by molar-refractivity contribution is -0.140. The van der Waals surface area contributed by atoms with Gasteiger partial charge in [0.05, 0.1) is 18.1 Å². The molecule has 1 heterocycles. The first-order chi connectivity index (χ1) is 9.60. The third kappa shape index (κ3) is 3.72. The number of carbonyl (C=O) groups is 2. The zero-order chi connectivity index (χ0) is 14.5. The molecule has 1 aliphatic carbocycles. The maximum absolute atomic E-state index is 12.2. The maximum Gasteiger partial charge on any atom is 0.317 e. The van der Waals surface area contributed by atoms with Crippen LogP contribution in [0, 0.1) is 5.92 Å². The fourth-order valence-corrected chi connectivity index (χ4v) is 2.73. The first kappa shape index (κ1) is 14.8. The number of nitrogens with zero attached hydrogens (tertiary/aromatic N) is 1. The summed E-state index contributed by atoms with van der Waals surface area (Å²) in [6.07, 6.45) is 5.89. The monoisotopic (exact) mass is 282 g/mol. The Hall–Kier alpha value is -1.56. The van der Waals surface area contributed by atoms with E-state index in [1.807, 2.05) is 6.92 Å². The minimum atomic E-state index is -0.840. The smallest absolute Gasteiger partial charge is 0.317 e. The van der Waals surface area contributed by atoms with E-state index in [1.165, 1.54) is 0 Å². The minimum absolute atomic E-state index is 0.116. The average molecular weight is 282 g/mol. The molecule has 0 aromatic rings. The van der Waals surface area contributed by atoms with Gasteiger partial charge < -0.3 is 20.1 Å². The molecule has 3 unspecified atom stereocenters. The molecular weight excluding hydrogens is 260 g/mol. The van der Waals surface area contributed by atoms with Crippen LogP contribution in [0.3, 0.4) is 0 Å². The van der Waals surface area contributed by atoms with E-state index in [2.05, 4.69) is 5.32 Å². The van der Waals surface area contributed by atoms with Crippen molar-refractivity contribution in [1.82, 2.24) is 10.2 Å². The van der Waals surface area contributed by atoms with Gasteiger partial charge in [-0.3, -0.25) is 4.79 Å². The largest absolute Gasteiger partial charge is 0.481 e. The Morgan fingerprint density at radius 3 is 2.90 bits per heavy atom. The van der Waals surface area contributed by atoms with Crippen LogP contribution in [0.1, 0.15) is 26.2 Å². The molecule has 3 atom stereocenters. The maximum atomic E-state index is 12.2. The van der Waals surface area contributed by atoms with Crippen LogP contribution in [0.25, 0.3) is 0 Å². The van der Waals surface area contributed by atoms with Gasteiger partial charge in [0.1, 0.15) is 0 Å². The van der Waals surface area contributed by atoms with Crippen molar-refractivity contribution in [3.8, 4) is 0 Å². The summed E-state index contributed by atoms with van der Waals surface area (Å²) < 4.78 is 5.57. The Kier molecular flexibility index (Phi) is 5.00. The van der Waals surface area contributed by atoms with Crippen LogP contribution < -0.4 is 5.32 Å². The van der Waals surface area contributed by atoms with Gasteiger partial charge in [-0.25, -0.2) is 4.79 Å². The predicted octanol–water partition coefficient (Wildman–Crippen LogP) is 1.23. The van der Waals surface area contributed by atoms with Gasteiger partial charge in [-0.15, -0.1) is 0 Å². The van der Waals surface area contributed by atoms with Crippen LogP contribution in [-0.2, 0) is 9.53 Å². The van der Waals surface area contributed by atoms with E-state index in [9.17, 15) is 9.59 Å². The summed E-state index contributed by atoms with van der Waals surface area (Å²) in [4.78, 5) is 24.8. The van der Waals surface area contributed by atoms with E-state index in [0.717, 1.165) is 19.4 Å². The number of carboxylic acid groups (broad SMARTS) is 1. The number of piperidine rings is 1. The summed E-state index contributed by atoms with van der Waals surface area (Å²) in [6.45, 7) is 3.95. The molecule has 6 heteroatoms. The number of carboxylic acids is 1. The van der Waals surface area contributed by atoms with Gasteiger partial charge >= 0.3 is 12.0 Å². The van der Waals surface area contributed by atoms with Gasteiger partial charge in [-0.05, 0) is 26.2 Å². The molecule has 6 nitrogen and oxygen atoms in total. The van der Waals surface area contributed by atoms with E-state index in [4.69, 9.17) is 9.84 Å². The highest BCUT2D eigenvalue weighted by Gasteiger charge is 2.28. The number of hydrogen-bond acceptors (Lipinski definition) is 3. The van der Waals surface area contributed by atoms with Crippen molar-refractivity contribution >= 4 is 12.0 Å². The lowest BCUT2D eigenvalue weighted by Crippen LogP contribution is -2.49.